The minimum absolute atomic E-state index is 0.0877. The smallest absolute Gasteiger partial charge is 0.310 e. The zero-order valence-corrected chi connectivity index (χ0v) is 16.6. The Morgan fingerprint density at radius 1 is 1.21 bits per heavy atom. The summed E-state index contributed by atoms with van der Waals surface area (Å²) in [6.45, 7) is -0.201. The molecule has 2 aromatic heterocycles. The van der Waals surface area contributed by atoms with Crippen LogP contribution in [0.4, 0.5) is 5.82 Å². The van der Waals surface area contributed by atoms with Gasteiger partial charge in [-0.15, -0.1) is 0 Å². The molecule has 4 rings (SSSR count). The van der Waals surface area contributed by atoms with Gasteiger partial charge in [0, 0.05) is 4.47 Å². The minimum Gasteiger partial charge on any atom is -0.463 e. The molecule has 1 fully saturated rings. The van der Waals surface area contributed by atoms with Crippen molar-refractivity contribution in [2.75, 3.05) is 12.3 Å². The Hall–Kier alpha value is -2.60. The standard InChI is InChI=1S/C18H18BrN5O5/c19-10-3-1-9(2-4-10)5-12(25)28-6-11-14(26)15(27)18(29-11)24-8-23-13-16(20)21-7-22-17(13)24/h1-4,7-8,11,14-15,18,26-27H,5-6H2,(H2,20,21,22)/t11-,14-,15-,18-/m1/s1. The second-order valence-electron chi connectivity index (χ2n) is 6.62. The predicted octanol–water partition coefficient (Wildman–Crippen LogP) is 0.576. The highest BCUT2D eigenvalue weighted by atomic mass is 79.9. The third-order valence-electron chi connectivity index (χ3n) is 4.67. The molecule has 1 aliphatic rings. The lowest BCUT2D eigenvalue weighted by Gasteiger charge is -2.16. The first-order chi connectivity index (χ1) is 13.9. The normalized spacial score (nSPS) is 24.1. The average Bonchev–Trinajstić information content (AvgIpc) is 3.25. The van der Waals surface area contributed by atoms with Gasteiger partial charge in [0.1, 0.15) is 36.8 Å². The Morgan fingerprint density at radius 2 is 1.97 bits per heavy atom. The average molecular weight is 464 g/mol. The fourth-order valence-electron chi connectivity index (χ4n) is 3.15. The van der Waals surface area contributed by atoms with E-state index in [4.69, 9.17) is 15.2 Å². The number of carbonyl (C=O) groups excluding carboxylic acids is 1. The van der Waals surface area contributed by atoms with Gasteiger partial charge in [0.05, 0.1) is 12.7 Å². The molecule has 0 spiro atoms. The zero-order valence-electron chi connectivity index (χ0n) is 15.1. The molecule has 152 valence electrons. The van der Waals surface area contributed by atoms with Crippen molar-refractivity contribution in [1.82, 2.24) is 19.5 Å². The number of aliphatic hydroxyl groups is 2. The van der Waals surface area contributed by atoms with Crippen LogP contribution in [0.5, 0.6) is 0 Å². The summed E-state index contributed by atoms with van der Waals surface area (Å²) >= 11 is 3.33. The second kappa shape index (κ2) is 8.03. The fraction of sp³-hybridized carbons (Fsp3) is 0.333. The molecule has 1 aliphatic heterocycles. The van der Waals surface area contributed by atoms with Crippen LogP contribution in [-0.4, -0.2) is 60.6 Å². The molecule has 0 bridgehead atoms. The number of benzene rings is 1. The molecular formula is C18H18BrN5O5. The second-order valence-corrected chi connectivity index (χ2v) is 7.53. The Bertz CT molecular complexity index is 1030. The fourth-order valence-corrected chi connectivity index (χ4v) is 3.41. The number of nitrogens with two attached hydrogens (primary N) is 1. The van der Waals surface area contributed by atoms with Crippen molar-refractivity contribution in [1.29, 1.82) is 0 Å². The van der Waals surface area contributed by atoms with Crippen LogP contribution in [0.1, 0.15) is 11.8 Å². The van der Waals surface area contributed by atoms with Gasteiger partial charge in [-0.1, -0.05) is 28.1 Å². The van der Waals surface area contributed by atoms with Gasteiger partial charge in [-0.2, -0.15) is 0 Å². The van der Waals surface area contributed by atoms with Gasteiger partial charge in [0.15, 0.2) is 17.7 Å². The van der Waals surface area contributed by atoms with Crippen LogP contribution in [0.2, 0.25) is 0 Å². The third-order valence-corrected chi connectivity index (χ3v) is 5.20. The maximum atomic E-state index is 12.1. The van der Waals surface area contributed by atoms with E-state index in [1.54, 1.807) is 0 Å². The summed E-state index contributed by atoms with van der Waals surface area (Å²) in [7, 11) is 0. The summed E-state index contributed by atoms with van der Waals surface area (Å²) in [5.41, 5.74) is 7.29. The predicted molar refractivity (Wildman–Crippen MR) is 104 cm³/mol. The van der Waals surface area contributed by atoms with E-state index >= 15 is 0 Å². The number of carbonyl (C=O) groups is 1. The van der Waals surface area contributed by atoms with Crippen molar-refractivity contribution in [3.05, 3.63) is 47.0 Å². The molecule has 1 saturated heterocycles. The number of imidazole rings is 1. The van der Waals surface area contributed by atoms with Crippen molar-refractivity contribution in [3.8, 4) is 0 Å². The van der Waals surface area contributed by atoms with Gasteiger partial charge in [-0.25, -0.2) is 15.0 Å². The van der Waals surface area contributed by atoms with Gasteiger partial charge in [-0.3, -0.25) is 9.36 Å². The number of aromatic nitrogens is 4. The molecule has 0 aliphatic carbocycles. The van der Waals surface area contributed by atoms with Crippen LogP contribution in [0.15, 0.2) is 41.4 Å². The molecule has 11 heteroatoms. The van der Waals surface area contributed by atoms with Crippen LogP contribution in [-0.2, 0) is 20.7 Å². The minimum atomic E-state index is -1.27. The highest BCUT2D eigenvalue weighted by molar-refractivity contribution is 9.10. The van der Waals surface area contributed by atoms with E-state index in [2.05, 4.69) is 30.9 Å². The quantitative estimate of drug-likeness (QED) is 0.462. The van der Waals surface area contributed by atoms with Crippen molar-refractivity contribution in [2.24, 2.45) is 0 Å². The highest BCUT2D eigenvalue weighted by Gasteiger charge is 2.44. The van der Waals surface area contributed by atoms with Gasteiger partial charge in [-0.05, 0) is 17.7 Å². The maximum absolute atomic E-state index is 12.1. The topological polar surface area (TPSA) is 146 Å². The van der Waals surface area contributed by atoms with E-state index in [0.717, 1.165) is 10.0 Å². The number of hydrogen-bond acceptors (Lipinski definition) is 9. The SMILES string of the molecule is Nc1ncnc2c1ncn2[C@@H]1O[C@H](COC(=O)Cc2ccc(Br)cc2)[C@@H](O)[C@H]1O. The molecule has 0 radical (unpaired) electrons. The van der Waals surface area contributed by atoms with Gasteiger partial charge in [0.25, 0.3) is 0 Å². The number of nitrogens with zero attached hydrogens (tertiary/aromatic N) is 4. The van der Waals surface area contributed by atoms with E-state index in [-0.39, 0.29) is 18.8 Å². The number of esters is 1. The molecular weight excluding hydrogens is 446 g/mol. The Balaban J connectivity index is 1.41. The number of rotatable bonds is 5. The first-order valence-corrected chi connectivity index (χ1v) is 9.58. The Kier molecular flexibility index (Phi) is 5.46. The number of aliphatic hydroxyl groups excluding tert-OH is 2. The summed E-state index contributed by atoms with van der Waals surface area (Å²) in [5, 5.41) is 20.7. The summed E-state index contributed by atoms with van der Waals surface area (Å²) in [6, 6.07) is 7.28. The molecule has 4 atom stereocenters. The van der Waals surface area contributed by atoms with Gasteiger partial charge in [0.2, 0.25) is 0 Å². The van der Waals surface area contributed by atoms with Crippen molar-refractivity contribution in [3.63, 3.8) is 0 Å². The maximum Gasteiger partial charge on any atom is 0.310 e. The first-order valence-electron chi connectivity index (χ1n) is 8.78. The number of ether oxygens (including phenoxy) is 2. The number of halogens is 1. The summed E-state index contributed by atoms with van der Waals surface area (Å²) in [5.74, 6) is -0.269. The van der Waals surface area contributed by atoms with Gasteiger partial charge < -0.3 is 25.4 Å². The van der Waals surface area contributed by atoms with E-state index in [0.29, 0.717) is 11.2 Å². The molecule has 0 saturated carbocycles. The number of fused-ring (bicyclic) bond motifs is 1. The van der Waals surface area contributed by atoms with Crippen molar-refractivity contribution >= 4 is 38.9 Å². The van der Waals surface area contributed by atoms with Crippen molar-refractivity contribution in [2.45, 2.75) is 31.0 Å². The van der Waals surface area contributed by atoms with Crippen LogP contribution in [0, 0.1) is 0 Å². The monoisotopic (exact) mass is 463 g/mol. The highest BCUT2D eigenvalue weighted by Crippen LogP contribution is 2.32. The largest absolute Gasteiger partial charge is 0.463 e. The van der Waals surface area contributed by atoms with Crippen LogP contribution in [0.3, 0.4) is 0 Å². The first kappa shape index (κ1) is 19.7. The lowest BCUT2D eigenvalue weighted by molar-refractivity contribution is -0.149. The number of hydrogen-bond donors (Lipinski definition) is 3. The van der Waals surface area contributed by atoms with Crippen molar-refractivity contribution < 1.29 is 24.5 Å². The molecule has 3 aromatic rings. The lowest BCUT2D eigenvalue weighted by Crippen LogP contribution is -2.34. The van der Waals surface area contributed by atoms with E-state index < -0.39 is 30.5 Å². The summed E-state index contributed by atoms with van der Waals surface area (Å²) < 4.78 is 13.3. The Labute approximate surface area is 173 Å². The molecule has 1 aromatic carbocycles. The molecule has 3 heterocycles. The molecule has 29 heavy (non-hydrogen) atoms. The summed E-state index contributed by atoms with van der Waals surface area (Å²) in [4.78, 5) is 24.2. The molecule has 4 N–H and O–H groups in total. The van der Waals surface area contributed by atoms with Crippen LogP contribution >= 0.6 is 15.9 Å². The molecule has 0 amide bonds. The third kappa shape index (κ3) is 3.94. The van der Waals surface area contributed by atoms with Crippen LogP contribution in [0.25, 0.3) is 11.2 Å². The lowest BCUT2D eigenvalue weighted by atomic mass is 10.1. The number of nitrogen functional groups attached to an aromatic ring is 1. The Morgan fingerprint density at radius 3 is 2.72 bits per heavy atom. The van der Waals surface area contributed by atoms with E-state index in [1.807, 2.05) is 24.3 Å². The van der Waals surface area contributed by atoms with E-state index in [9.17, 15) is 15.0 Å². The molecule has 10 nitrogen and oxygen atoms in total. The summed E-state index contributed by atoms with van der Waals surface area (Å²) in [6.07, 6.45) is -1.62. The van der Waals surface area contributed by atoms with Crippen LogP contribution < -0.4 is 5.73 Å². The zero-order chi connectivity index (χ0) is 20.5. The molecule has 0 unspecified atom stereocenters. The van der Waals surface area contributed by atoms with Gasteiger partial charge >= 0.3 is 5.97 Å². The van der Waals surface area contributed by atoms with E-state index in [1.165, 1.54) is 17.2 Å². The number of anilines is 1.